The van der Waals surface area contributed by atoms with Crippen molar-refractivity contribution in [1.82, 2.24) is 9.55 Å². The highest BCUT2D eigenvalue weighted by molar-refractivity contribution is 6.24. The van der Waals surface area contributed by atoms with Crippen molar-refractivity contribution in [3.63, 3.8) is 0 Å². The molecule has 2 aromatic heterocycles. The van der Waals surface area contributed by atoms with Crippen LogP contribution < -0.4 is 0 Å². The summed E-state index contributed by atoms with van der Waals surface area (Å²) in [4.78, 5) is 4.27. The molecule has 3 nitrogen and oxygen atoms in total. The van der Waals surface area contributed by atoms with Gasteiger partial charge < -0.3 is 4.57 Å². The van der Waals surface area contributed by atoms with Crippen molar-refractivity contribution in [2.75, 3.05) is 0 Å². The van der Waals surface area contributed by atoms with Crippen LogP contribution in [0.15, 0.2) is 152 Å². The third kappa shape index (κ3) is 4.17. The van der Waals surface area contributed by atoms with Crippen LogP contribution in [0.1, 0.15) is 5.56 Å². The number of rotatable bonds is 4. The zero-order valence-electron chi connectivity index (χ0n) is 23.3. The molecule has 0 amide bonds. The molecule has 0 unspecified atom stereocenters. The van der Waals surface area contributed by atoms with Crippen LogP contribution in [-0.2, 0) is 0 Å². The molecule has 0 aliphatic heterocycles. The van der Waals surface area contributed by atoms with E-state index in [2.05, 4.69) is 149 Å². The van der Waals surface area contributed by atoms with Crippen LogP contribution in [0.2, 0.25) is 0 Å². The summed E-state index contributed by atoms with van der Waals surface area (Å²) in [5, 5.41) is 14.4. The molecule has 200 valence electrons. The molecule has 0 saturated carbocycles. The lowest BCUT2D eigenvalue weighted by molar-refractivity contribution is 1.18. The Kier molecular flexibility index (Phi) is 5.84. The van der Waals surface area contributed by atoms with Crippen molar-refractivity contribution >= 4 is 32.6 Å². The van der Waals surface area contributed by atoms with E-state index in [-0.39, 0.29) is 0 Å². The summed E-state index contributed by atoms with van der Waals surface area (Å²) in [6, 6.07) is 51.7. The minimum absolute atomic E-state index is 0.554. The first-order chi connectivity index (χ1) is 21.3. The van der Waals surface area contributed by atoms with Gasteiger partial charge in [0.1, 0.15) is 6.07 Å². The van der Waals surface area contributed by atoms with Crippen LogP contribution in [0.4, 0.5) is 0 Å². The fourth-order valence-electron chi connectivity index (χ4n) is 6.31. The number of benzene rings is 6. The van der Waals surface area contributed by atoms with Crippen LogP contribution >= 0.6 is 0 Å². The molecule has 6 aromatic carbocycles. The molecule has 8 aromatic rings. The molecule has 0 radical (unpaired) electrons. The SMILES string of the molecule is N#Cc1cncc(-c2cccc(-c3ccc4c5c6ccccc6c(-c6ccccc6)cc5n(-c5ccccc5)c4c3)c2)c1. The molecule has 0 N–H and O–H groups in total. The normalized spacial score (nSPS) is 11.2. The van der Waals surface area contributed by atoms with Crippen molar-refractivity contribution in [3.05, 3.63) is 157 Å². The average Bonchev–Trinajstić information content (AvgIpc) is 3.42. The Labute approximate surface area is 249 Å². The van der Waals surface area contributed by atoms with E-state index in [4.69, 9.17) is 0 Å². The number of para-hydroxylation sites is 1. The number of hydrogen-bond donors (Lipinski definition) is 0. The van der Waals surface area contributed by atoms with Gasteiger partial charge in [0, 0.05) is 34.4 Å². The number of nitriles is 1. The molecule has 0 atom stereocenters. The zero-order valence-corrected chi connectivity index (χ0v) is 23.3. The molecule has 0 bridgehead atoms. The smallest absolute Gasteiger partial charge is 0.101 e. The first-order valence-electron chi connectivity index (χ1n) is 14.4. The van der Waals surface area contributed by atoms with Crippen LogP contribution in [-0.4, -0.2) is 9.55 Å². The summed E-state index contributed by atoms with van der Waals surface area (Å²) in [5.41, 5.74) is 10.7. The third-order valence-electron chi connectivity index (χ3n) is 8.27. The van der Waals surface area contributed by atoms with Gasteiger partial charge in [-0.25, -0.2) is 0 Å². The van der Waals surface area contributed by atoms with Crippen LogP contribution in [0, 0.1) is 11.3 Å². The molecule has 0 aliphatic rings. The summed E-state index contributed by atoms with van der Waals surface area (Å²) in [6.07, 6.45) is 3.41. The topological polar surface area (TPSA) is 41.6 Å². The molecule has 0 aliphatic carbocycles. The Bertz CT molecular complexity index is 2340. The Morgan fingerprint density at radius 3 is 1.95 bits per heavy atom. The van der Waals surface area contributed by atoms with Crippen molar-refractivity contribution in [2.24, 2.45) is 0 Å². The molecule has 8 rings (SSSR count). The lowest BCUT2D eigenvalue weighted by atomic mass is 9.94. The van der Waals surface area contributed by atoms with E-state index in [0.29, 0.717) is 5.56 Å². The standard InChI is InChI=1S/C40H25N3/c41-24-27-20-32(26-42-25-27)30-13-9-12-29(21-30)31-18-19-36-38(22-31)43(33-14-5-2-6-15-33)39-23-37(28-10-3-1-4-11-28)34-16-7-8-17-35(34)40(36)39/h1-23,25-26H. The maximum Gasteiger partial charge on any atom is 0.101 e. The van der Waals surface area contributed by atoms with Gasteiger partial charge in [-0.1, -0.05) is 103 Å². The average molecular weight is 548 g/mol. The molecule has 0 fully saturated rings. The van der Waals surface area contributed by atoms with E-state index in [1.54, 1.807) is 6.20 Å². The molecule has 0 saturated heterocycles. The first-order valence-corrected chi connectivity index (χ1v) is 14.4. The highest BCUT2D eigenvalue weighted by atomic mass is 15.0. The van der Waals surface area contributed by atoms with Crippen LogP contribution in [0.5, 0.6) is 0 Å². The second kappa shape index (κ2) is 10.1. The maximum absolute atomic E-state index is 9.38. The molecular weight excluding hydrogens is 522 g/mol. The minimum atomic E-state index is 0.554. The molecule has 43 heavy (non-hydrogen) atoms. The largest absolute Gasteiger partial charge is 0.309 e. The van der Waals surface area contributed by atoms with E-state index in [1.807, 2.05) is 12.3 Å². The summed E-state index contributed by atoms with van der Waals surface area (Å²) in [6.45, 7) is 0. The lowest BCUT2D eigenvalue weighted by Crippen LogP contribution is -1.94. The van der Waals surface area contributed by atoms with Gasteiger partial charge in [-0.3, -0.25) is 4.98 Å². The molecular formula is C40H25N3. The first kappa shape index (κ1) is 24.8. The fraction of sp³-hybridized carbons (Fsp3) is 0. The van der Waals surface area contributed by atoms with E-state index in [9.17, 15) is 5.26 Å². The molecule has 2 heterocycles. The van der Waals surface area contributed by atoms with E-state index in [0.717, 1.165) is 33.5 Å². The van der Waals surface area contributed by atoms with Crippen molar-refractivity contribution < 1.29 is 0 Å². The number of fused-ring (bicyclic) bond motifs is 5. The van der Waals surface area contributed by atoms with E-state index in [1.165, 1.54) is 38.2 Å². The van der Waals surface area contributed by atoms with E-state index < -0.39 is 0 Å². The maximum atomic E-state index is 9.38. The summed E-state index contributed by atoms with van der Waals surface area (Å²) < 4.78 is 2.40. The fourth-order valence-corrected chi connectivity index (χ4v) is 6.31. The van der Waals surface area contributed by atoms with Crippen molar-refractivity contribution in [3.8, 4) is 45.1 Å². The molecule has 3 heteroatoms. The predicted molar refractivity (Wildman–Crippen MR) is 177 cm³/mol. The van der Waals surface area contributed by atoms with Gasteiger partial charge in [0.05, 0.1) is 16.6 Å². The number of pyridine rings is 1. The van der Waals surface area contributed by atoms with Gasteiger partial charge in [-0.2, -0.15) is 5.26 Å². The Balaban J connectivity index is 1.42. The number of aromatic nitrogens is 2. The van der Waals surface area contributed by atoms with Crippen molar-refractivity contribution in [2.45, 2.75) is 0 Å². The minimum Gasteiger partial charge on any atom is -0.309 e. The quantitative estimate of drug-likeness (QED) is 0.220. The van der Waals surface area contributed by atoms with Crippen molar-refractivity contribution in [1.29, 1.82) is 5.26 Å². The predicted octanol–water partition coefficient (Wildman–Crippen LogP) is 10.2. The number of hydrogen-bond acceptors (Lipinski definition) is 2. The third-order valence-corrected chi connectivity index (χ3v) is 8.27. The van der Waals surface area contributed by atoms with Gasteiger partial charge in [0.2, 0.25) is 0 Å². The second-order valence-electron chi connectivity index (χ2n) is 10.8. The van der Waals surface area contributed by atoms with Gasteiger partial charge in [-0.15, -0.1) is 0 Å². The monoisotopic (exact) mass is 547 g/mol. The zero-order chi connectivity index (χ0) is 28.8. The lowest BCUT2D eigenvalue weighted by Gasteiger charge is -2.12. The van der Waals surface area contributed by atoms with Crippen LogP contribution in [0.3, 0.4) is 0 Å². The van der Waals surface area contributed by atoms with E-state index >= 15 is 0 Å². The summed E-state index contributed by atoms with van der Waals surface area (Å²) >= 11 is 0. The Hall–Kier alpha value is -5.98. The summed E-state index contributed by atoms with van der Waals surface area (Å²) in [5.74, 6) is 0. The van der Waals surface area contributed by atoms with Gasteiger partial charge >= 0.3 is 0 Å². The highest BCUT2D eigenvalue weighted by Gasteiger charge is 2.18. The Morgan fingerprint density at radius 1 is 0.488 bits per heavy atom. The highest BCUT2D eigenvalue weighted by Crippen LogP contribution is 2.42. The van der Waals surface area contributed by atoms with Gasteiger partial charge in [-0.05, 0) is 75.0 Å². The van der Waals surface area contributed by atoms with Gasteiger partial charge in [0.15, 0.2) is 0 Å². The van der Waals surface area contributed by atoms with Crippen LogP contribution in [0.25, 0.3) is 71.6 Å². The summed E-state index contributed by atoms with van der Waals surface area (Å²) in [7, 11) is 0. The number of nitrogens with zero attached hydrogens (tertiary/aromatic N) is 3. The Morgan fingerprint density at radius 2 is 1.16 bits per heavy atom. The molecule has 0 spiro atoms. The second-order valence-corrected chi connectivity index (χ2v) is 10.8. The van der Waals surface area contributed by atoms with Gasteiger partial charge in [0.25, 0.3) is 0 Å².